The number of hydrogen-bond acceptors (Lipinski definition) is 7. The maximum Gasteiger partial charge on any atom is 0.119 e. The Morgan fingerprint density at radius 2 is 1.17 bits per heavy atom. The van der Waals surface area contributed by atoms with Gasteiger partial charge in [0.05, 0.1) is 13.2 Å². The summed E-state index contributed by atoms with van der Waals surface area (Å²) >= 11 is 0. The van der Waals surface area contributed by atoms with Crippen LogP contribution in [0, 0.1) is 0 Å². The quantitative estimate of drug-likeness (QED) is 0.332. The van der Waals surface area contributed by atoms with Gasteiger partial charge in [-0.15, -0.1) is 12.4 Å². The molecule has 0 aliphatic carbocycles. The first-order valence-corrected chi connectivity index (χ1v) is 11.2. The SMILES string of the molecule is Cl.[2H]C([2H])([2H])C([2H])(N(CC(O)COc1ccc(CCOC)cc1)CC(O)COc1ccc(CCOC)cc1)C([2H])([2H])[2H]. The molecule has 8 heteroatoms. The molecule has 2 aromatic rings. The van der Waals surface area contributed by atoms with Crippen LogP contribution in [-0.2, 0) is 22.3 Å². The van der Waals surface area contributed by atoms with Gasteiger partial charge in [0.1, 0.15) is 36.9 Å². The van der Waals surface area contributed by atoms with Crippen molar-refractivity contribution < 1.29 is 38.8 Å². The van der Waals surface area contributed by atoms with Gasteiger partial charge in [0.2, 0.25) is 0 Å². The molecule has 0 aliphatic rings. The van der Waals surface area contributed by atoms with Gasteiger partial charge in [-0.2, -0.15) is 0 Å². The summed E-state index contributed by atoms with van der Waals surface area (Å²) in [4.78, 5) is 0.761. The fourth-order valence-corrected chi connectivity index (χ4v) is 3.20. The molecule has 0 radical (unpaired) electrons. The predicted molar refractivity (Wildman–Crippen MR) is 141 cm³/mol. The number of aliphatic hydroxyl groups is 2. The van der Waals surface area contributed by atoms with E-state index in [0.29, 0.717) is 24.7 Å². The van der Waals surface area contributed by atoms with E-state index in [1.165, 1.54) is 0 Å². The van der Waals surface area contributed by atoms with Crippen LogP contribution in [0.1, 0.15) is 34.4 Å². The molecule has 35 heavy (non-hydrogen) atoms. The van der Waals surface area contributed by atoms with Gasteiger partial charge in [-0.25, -0.2) is 0 Å². The van der Waals surface area contributed by atoms with E-state index in [1.54, 1.807) is 38.5 Å². The zero-order valence-electron chi connectivity index (χ0n) is 27.3. The molecule has 2 rings (SSSR count). The Hall–Kier alpha value is -1.87. The highest BCUT2D eigenvalue weighted by molar-refractivity contribution is 5.85. The second-order valence-corrected chi connectivity index (χ2v) is 7.96. The highest BCUT2D eigenvalue weighted by Crippen LogP contribution is 2.15. The van der Waals surface area contributed by atoms with E-state index in [2.05, 4.69) is 0 Å². The molecule has 2 unspecified atom stereocenters. The molecule has 0 amide bonds. The second kappa shape index (κ2) is 17.5. The predicted octanol–water partition coefficient (Wildman–Crippen LogP) is 3.38. The van der Waals surface area contributed by atoms with Crippen molar-refractivity contribution in [2.45, 2.75) is 44.8 Å². The summed E-state index contributed by atoms with van der Waals surface area (Å²) in [7, 11) is 3.23. The third-order valence-corrected chi connectivity index (χ3v) is 5.10. The maximum atomic E-state index is 10.7. The van der Waals surface area contributed by atoms with Crippen molar-refractivity contribution >= 4 is 12.4 Å². The number of rotatable bonds is 17. The molecule has 2 atom stereocenters. The summed E-state index contributed by atoms with van der Waals surface area (Å²) < 4.78 is 77.1. The van der Waals surface area contributed by atoms with Crippen LogP contribution in [0.15, 0.2) is 48.5 Å². The van der Waals surface area contributed by atoms with Crippen LogP contribution in [0.4, 0.5) is 0 Å². The molecule has 0 saturated heterocycles. The van der Waals surface area contributed by atoms with Crippen LogP contribution in [0.25, 0.3) is 0 Å². The average molecular weight is 519 g/mol. The van der Waals surface area contributed by atoms with Gasteiger partial charge in [-0.3, -0.25) is 4.90 Å². The minimum Gasteiger partial charge on any atom is -0.491 e. The first-order chi connectivity index (χ1) is 19.2. The zero-order valence-corrected chi connectivity index (χ0v) is 21.1. The lowest BCUT2D eigenvalue weighted by atomic mass is 10.1. The standard InChI is InChI=1S/C27H41NO6.ClH/c1-21(2)28(17-24(29)19-33-26-9-5-22(6-10-26)13-15-31-3)18-25(30)20-34-27-11-7-23(8-12-27)14-16-32-4;/h5-12,21,24-25,29-30H,13-20H2,1-4H3;1H/i1D3,2D3,21D;. The van der Waals surface area contributed by atoms with E-state index in [0.717, 1.165) is 28.9 Å². The summed E-state index contributed by atoms with van der Waals surface area (Å²) in [6.45, 7) is -7.18. The molecule has 0 aliphatic heterocycles. The van der Waals surface area contributed by atoms with Crippen molar-refractivity contribution in [1.82, 2.24) is 4.90 Å². The number of halogens is 1. The minimum absolute atomic E-state index is 0. The van der Waals surface area contributed by atoms with Crippen molar-refractivity contribution in [1.29, 1.82) is 0 Å². The van der Waals surface area contributed by atoms with E-state index in [9.17, 15) is 10.2 Å². The van der Waals surface area contributed by atoms with Gasteiger partial charge in [0.25, 0.3) is 0 Å². The normalized spacial score (nSPS) is 16.9. The first kappa shape index (κ1) is 21.2. The number of benzene rings is 2. The van der Waals surface area contributed by atoms with Gasteiger partial charge < -0.3 is 29.2 Å². The van der Waals surface area contributed by atoms with Crippen molar-refractivity contribution in [3.63, 3.8) is 0 Å². The van der Waals surface area contributed by atoms with Crippen molar-refractivity contribution in [3.05, 3.63) is 59.7 Å². The van der Waals surface area contributed by atoms with Crippen molar-refractivity contribution in [2.75, 3.05) is 53.7 Å². The third kappa shape index (κ3) is 12.6. The Labute approximate surface area is 226 Å². The molecule has 0 saturated carbocycles. The highest BCUT2D eigenvalue weighted by Gasteiger charge is 2.19. The molecular weight excluding hydrogens is 470 g/mol. The summed E-state index contributed by atoms with van der Waals surface area (Å²) in [5.41, 5.74) is 2.05. The van der Waals surface area contributed by atoms with Crippen LogP contribution >= 0.6 is 12.4 Å². The highest BCUT2D eigenvalue weighted by atomic mass is 35.5. The third-order valence-electron chi connectivity index (χ3n) is 5.10. The maximum absolute atomic E-state index is 10.7. The number of methoxy groups -OCH3 is 2. The molecule has 2 N–H and O–H groups in total. The van der Waals surface area contributed by atoms with Gasteiger partial charge in [0, 0.05) is 42.9 Å². The van der Waals surface area contributed by atoms with E-state index >= 15 is 0 Å². The summed E-state index contributed by atoms with van der Waals surface area (Å²) in [6, 6.07) is 11.1. The molecule has 0 aromatic heterocycles. The molecule has 7 nitrogen and oxygen atoms in total. The summed E-state index contributed by atoms with van der Waals surface area (Å²) in [6.07, 6.45) is -1.30. The molecule has 2 aromatic carbocycles. The summed E-state index contributed by atoms with van der Waals surface area (Å²) in [5, 5.41) is 21.4. The number of ether oxygens (including phenoxy) is 4. The number of nitrogens with zero attached hydrogens (tertiary/aromatic N) is 1. The lowest BCUT2D eigenvalue weighted by molar-refractivity contribution is 0.0196. The first-order valence-electron chi connectivity index (χ1n) is 14.7. The molecule has 0 heterocycles. The fraction of sp³-hybridized carbons (Fsp3) is 0.556. The largest absolute Gasteiger partial charge is 0.491 e. The van der Waals surface area contributed by atoms with E-state index in [1.807, 2.05) is 24.3 Å². The Kier molecular flexibility index (Phi) is 10.6. The fourth-order valence-electron chi connectivity index (χ4n) is 3.20. The van der Waals surface area contributed by atoms with Gasteiger partial charge in [0.15, 0.2) is 0 Å². The lowest BCUT2D eigenvalue weighted by Crippen LogP contribution is -2.45. The molecule has 0 fully saturated rings. The Morgan fingerprint density at radius 1 is 0.771 bits per heavy atom. The molecule has 0 bridgehead atoms. The average Bonchev–Trinajstić information content (AvgIpc) is 2.91. The van der Waals surface area contributed by atoms with Gasteiger partial charge in [-0.05, 0) is 61.9 Å². The van der Waals surface area contributed by atoms with Crippen molar-refractivity contribution in [3.8, 4) is 11.5 Å². The van der Waals surface area contributed by atoms with Crippen LogP contribution < -0.4 is 9.47 Å². The van der Waals surface area contributed by atoms with Crippen LogP contribution in [0.2, 0.25) is 0 Å². The monoisotopic (exact) mass is 518 g/mol. The van der Waals surface area contributed by atoms with E-state index < -0.39 is 45.0 Å². The molecular formula is C27H42ClNO6. The van der Waals surface area contributed by atoms with Crippen LogP contribution in [0.5, 0.6) is 11.5 Å². The molecule has 0 spiro atoms. The number of hydrogen-bond donors (Lipinski definition) is 2. The van der Waals surface area contributed by atoms with Gasteiger partial charge in [-0.1, -0.05) is 24.3 Å². The Morgan fingerprint density at radius 3 is 1.51 bits per heavy atom. The van der Waals surface area contributed by atoms with Crippen LogP contribution in [0.3, 0.4) is 0 Å². The smallest absolute Gasteiger partial charge is 0.119 e. The molecule has 198 valence electrons. The zero-order chi connectivity index (χ0) is 30.7. The van der Waals surface area contributed by atoms with E-state index in [-0.39, 0.29) is 25.6 Å². The number of aliphatic hydroxyl groups excluding tert-OH is 2. The second-order valence-electron chi connectivity index (χ2n) is 7.96. The summed E-state index contributed by atoms with van der Waals surface area (Å²) in [5.74, 6) is 0.893. The topological polar surface area (TPSA) is 80.6 Å². The van der Waals surface area contributed by atoms with Crippen LogP contribution in [-0.4, -0.2) is 87.1 Å². The van der Waals surface area contributed by atoms with E-state index in [4.69, 9.17) is 28.5 Å². The lowest BCUT2D eigenvalue weighted by Gasteiger charge is -2.30. The van der Waals surface area contributed by atoms with Crippen molar-refractivity contribution in [2.24, 2.45) is 0 Å². The Balaban J connectivity index is 0.00000882. The minimum atomic E-state index is -3.30. The Bertz CT molecular complexity index is 948. The van der Waals surface area contributed by atoms with Gasteiger partial charge >= 0.3 is 0 Å².